The van der Waals surface area contributed by atoms with Gasteiger partial charge in [-0.2, -0.15) is 4.31 Å². The lowest BCUT2D eigenvalue weighted by molar-refractivity contribution is 0.233. The van der Waals surface area contributed by atoms with Crippen LogP contribution in [-0.4, -0.2) is 38.4 Å². The molecule has 1 aromatic rings. The highest BCUT2D eigenvalue weighted by atomic mass is 35.5. The van der Waals surface area contributed by atoms with Crippen molar-refractivity contribution in [2.75, 3.05) is 19.6 Å². The molecule has 4 nitrogen and oxygen atoms in total. The molecule has 1 fully saturated rings. The first-order valence-electron chi connectivity index (χ1n) is 6.94. The minimum absolute atomic E-state index is 0.348. The second-order valence-electron chi connectivity index (χ2n) is 5.15. The normalized spacial score (nSPS) is 20.1. The molecule has 1 aliphatic rings. The van der Waals surface area contributed by atoms with Gasteiger partial charge >= 0.3 is 0 Å². The van der Waals surface area contributed by atoms with Crippen molar-refractivity contribution in [2.45, 2.75) is 36.9 Å². The Hall–Kier alpha value is -0.140. The maximum atomic E-state index is 12.5. The number of halogens is 1. The molecule has 0 spiro atoms. The predicted octanol–water partition coefficient (Wildman–Crippen LogP) is 2.80. The van der Waals surface area contributed by atoms with Gasteiger partial charge in [-0.1, -0.05) is 18.5 Å². The molecule has 2 heterocycles. The summed E-state index contributed by atoms with van der Waals surface area (Å²) in [5.41, 5.74) is 0. The highest BCUT2D eigenvalue weighted by Crippen LogP contribution is 2.31. The van der Waals surface area contributed by atoms with Crippen molar-refractivity contribution in [3.8, 4) is 0 Å². The van der Waals surface area contributed by atoms with Crippen molar-refractivity contribution in [2.24, 2.45) is 5.92 Å². The monoisotopic (exact) mass is 336 g/mol. The molecule has 2 rings (SSSR count). The second kappa shape index (κ2) is 6.75. The number of sulfonamides is 1. The topological polar surface area (TPSA) is 49.4 Å². The fraction of sp³-hybridized carbons (Fsp3) is 0.692. The van der Waals surface area contributed by atoms with Gasteiger partial charge in [0.05, 0.1) is 4.34 Å². The van der Waals surface area contributed by atoms with Crippen molar-refractivity contribution >= 4 is 33.0 Å². The first-order chi connectivity index (χ1) is 9.45. The lowest BCUT2D eigenvalue weighted by atomic mass is 9.91. The van der Waals surface area contributed by atoms with Crippen molar-refractivity contribution in [1.82, 2.24) is 9.62 Å². The number of hydrogen-bond donors (Lipinski definition) is 1. The van der Waals surface area contributed by atoms with E-state index in [0.717, 1.165) is 30.7 Å². The molecular weight excluding hydrogens is 316 g/mol. The van der Waals surface area contributed by atoms with Crippen LogP contribution in [0.15, 0.2) is 16.3 Å². The SMILES string of the molecule is CCNC(C)C1CCN(S(=O)(=O)c2ccc(Cl)s2)CC1. The van der Waals surface area contributed by atoms with Gasteiger partial charge in [0, 0.05) is 19.1 Å². The zero-order valence-electron chi connectivity index (χ0n) is 11.8. The Kier molecular flexibility index (Phi) is 5.48. The van der Waals surface area contributed by atoms with Gasteiger partial charge in [0.2, 0.25) is 0 Å². The van der Waals surface area contributed by atoms with E-state index in [1.807, 2.05) is 0 Å². The highest BCUT2D eigenvalue weighted by Gasteiger charge is 2.31. The molecule has 114 valence electrons. The van der Waals surface area contributed by atoms with Gasteiger partial charge in [-0.05, 0) is 44.4 Å². The van der Waals surface area contributed by atoms with E-state index in [0.29, 0.717) is 33.6 Å². The van der Waals surface area contributed by atoms with E-state index in [1.54, 1.807) is 16.4 Å². The molecule has 1 aliphatic heterocycles. The Morgan fingerprint density at radius 3 is 2.60 bits per heavy atom. The molecule has 0 radical (unpaired) electrons. The molecule has 20 heavy (non-hydrogen) atoms. The van der Waals surface area contributed by atoms with Crippen LogP contribution in [0.3, 0.4) is 0 Å². The zero-order chi connectivity index (χ0) is 14.8. The van der Waals surface area contributed by atoms with E-state index >= 15 is 0 Å². The predicted molar refractivity (Wildman–Crippen MR) is 84.0 cm³/mol. The number of nitrogens with one attached hydrogen (secondary N) is 1. The van der Waals surface area contributed by atoms with Crippen LogP contribution in [0.1, 0.15) is 26.7 Å². The molecule has 0 aliphatic carbocycles. The molecule has 0 aromatic carbocycles. The Balaban J connectivity index is 2.00. The van der Waals surface area contributed by atoms with E-state index in [-0.39, 0.29) is 0 Å². The first kappa shape index (κ1) is 16.2. The summed E-state index contributed by atoms with van der Waals surface area (Å²) < 4.78 is 27.4. The largest absolute Gasteiger partial charge is 0.314 e. The first-order valence-corrected chi connectivity index (χ1v) is 9.57. The molecule has 0 bridgehead atoms. The van der Waals surface area contributed by atoms with Crippen LogP contribution in [0.25, 0.3) is 0 Å². The molecular formula is C13H21ClN2O2S2. The van der Waals surface area contributed by atoms with Crippen molar-refractivity contribution in [3.63, 3.8) is 0 Å². The Bertz CT molecular complexity index is 536. The van der Waals surface area contributed by atoms with Gasteiger partial charge in [-0.15, -0.1) is 11.3 Å². The molecule has 1 N–H and O–H groups in total. The summed E-state index contributed by atoms with van der Waals surface area (Å²) >= 11 is 6.96. The summed E-state index contributed by atoms with van der Waals surface area (Å²) in [7, 11) is -3.36. The summed E-state index contributed by atoms with van der Waals surface area (Å²) in [4.78, 5) is 0. The summed E-state index contributed by atoms with van der Waals surface area (Å²) in [6.45, 7) is 6.41. The van der Waals surface area contributed by atoms with E-state index in [2.05, 4.69) is 19.2 Å². The van der Waals surface area contributed by atoms with Crippen molar-refractivity contribution < 1.29 is 8.42 Å². The molecule has 7 heteroatoms. The van der Waals surface area contributed by atoms with Crippen LogP contribution in [0.4, 0.5) is 0 Å². The average molecular weight is 337 g/mol. The molecule has 1 saturated heterocycles. The zero-order valence-corrected chi connectivity index (χ0v) is 14.2. The van der Waals surface area contributed by atoms with E-state index in [4.69, 9.17) is 11.6 Å². The number of hydrogen-bond acceptors (Lipinski definition) is 4. The molecule has 1 unspecified atom stereocenters. The standard InChI is InChI=1S/C13H21ClN2O2S2/c1-3-15-10(2)11-6-8-16(9-7-11)20(17,18)13-5-4-12(14)19-13/h4-5,10-11,15H,3,6-9H2,1-2H3. The lowest BCUT2D eigenvalue weighted by Crippen LogP contribution is -2.43. The van der Waals surface area contributed by atoms with Crippen LogP contribution in [0.5, 0.6) is 0 Å². The molecule has 0 amide bonds. The smallest absolute Gasteiger partial charge is 0.252 e. The minimum atomic E-state index is -3.36. The third kappa shape index (κ3) is 3.54. The van der Waals surface area contributed by atoms with Gasteiger partial charge in [0.15, 0.2) is 0 Å². The van der Waals surface area contributed by atoms with Crippen molar-refractivity contribution in [1.29, 1.82) is 0 Å². The third-order valence-electron chi connectivity index (χ3n) is 3.87. The van der Waals surface area contributed by atoms with Gasteiger partial charge < -0.3 is 5.32 Å². The van der Waals surface area contributed by atoms with Gasteiger partial charge in [-0.25, -0.2) is 8.42 Å². The van der Waals surface area contributed by atoms with Crippen LogP contribution in [0.2, 0.25) is 4.34 Å². The van der Waals surface area contributed by atoms with Crippen LogP contribution in [-0.2, 0) is 10.0 Å². The number of piperidine rings is 1. The Morgan fingerprint density at radius 1 is 1.45 bits per heavy atom. The van der Waals surface area contributed by atoms with Gasteiger partial charge in [-0.3, -0.25) is 0 Å². The molecule has 0 saturated carbocycles. The maximum Gasteiger partial charge on any atom is 0.252 e. The summed E-state index contributed by atoms with van der Waals surface area (Å²) in [6, 6.07) is 3.68. The quantitative estimate of drug-likeness (QED) is 0.899. The number of thiophene rings is 1. The van der Waals surface area contributed by atoms with Gasteiger partial charge in [0.1, 0.15) is 4.21 Å². The Morgan fingerprint density at radius 2 is 2.10 bits per heavy atom. The number of nitrogens with zero attached hydrogens (tertiary/aromatic N) is 1. The summed E-state index contributed by atoms with van der Waals surface area (Å²) in [6.07, 6.45) is 1.82. The number of rotatable bonds is 5. The highest BCUT2D eigenvalue weighted by molar-refractivity contribution is 7.91. The van der Waals surface area contributed by atoms with E-state index in [9.17, 15) is 8.42 Å². The van der Waals surface area contributed by atoms with Crippen LogP contribution in [0, 0.1) is 5.92 Å². The molecule has 1 aromatic heterocycles. The summed E-state index contributed by atoms with van der Waals surface area (Å²) in [5, 5.41) is 3.42. The maximum absolute atomic E-state index is 12.5. The van der Waals surface area contributed by atoms with E-state index < -0.39 is 10.0 Å². The van der Waals surface area contributed by atoms with Crippen LogP contribution >= 0.6 is 22.9 Å². The van der Waals surface area contributed by atoms with Gasteiger partial charge in [0.25, 0.3) is 10.0 Å². The second-order valence-corrected chi connectivity index (χ2v) is 9.03. The fourth-order valence-corrected chi connectivity index (χ4v) is 5.78. The Labute approximate surface area is 130 Å². The van der Waals surface area contributed by atoms with Crippen LogP contribution < -0.4 is 5.32 Å². The molecule has 1 atom stereocenters. The fourth-order valence-electron chi connectivity index (χ4n) is 2.67. The van der Waals surface area contributed by atoms with Crippen molar-refractivity contribution in [3.05, 3.63) is 16.5 Å². The third-order valence-corrected chi connectivity index (χ3v) is 7.47. The average Bonchev–Trinajstić information content (AvgIpc) is 2.86. The lowest BCUT2D eigenvalue weighted by Gasteiger charge is -2.34. The van der Waals surface area contributed by atoms with E-state index in [1.165, 1.54) is 0 Å². The summed E-state index contributed by atoms with van der Waals surface area (Å²) in [5.74, 6) is 0.549. The minimum Gasteiger partial charge on any atom is -0.314 e.